The van der Waals surface area contributed by atoms with Crippen molar-refractivity contribution in [3.8, 4) is 22.6 Å². The van der Waals surface area contributed by atoms with Gasteiger partial charge in [0, 0.05) is 68.9 Å². The number of aromatic nitrogens is 3. The molecule has 0 spiro atoms. The minimum absolute atomic E-state index is 0.174. The van der Waals surface area contributed by atoms with Crippen LogP contribution in [0.25, 0.3) is 22.6 Å². The van der Waals surface area contributed by atoms with E-state index in [1.54, 1.807) is 12.4 Å². The van der Waals surface area contributed by atoms with E-state index >= 15 is 0 Å². The number of nitrogens with one attached hydrogen (secondary N) is 1. The molecule has 0 radical (unpaired) electrons. The Morgan fingerprint density at radius 3 is 2.31 bits per heavy atom. The first-order chi connectivity index (χ1) is 14.2. The summed E-state index contributed by atoms with van der Waals surface area (Å²) in [5, 5.41) is 9.05. The van der Waals surface area contributed by atoms with Crippen LogP contribution >= 0.6 is 0 Å². The molecule has 0 atom stereocenters. The van der Waals surface area contributed by atoms with Gasteiger partial charge in [0.1, 0.15) is 5.82 Å². The molecule has 0 aliphatic carbocycles. The average molecular weight is 391 g/mol. The van der Waals surface area contributed by atoms with E-state index in [1.807, 2.05) is 24.3 Å². The lowest BCUT2D eigenvalue weighted by atomic mass is 10.1. The summed E-state index contributed by atoms with van der Waals surface area (Å²) in [6.07, 6.45) is 3.38. The monoisotopic (exact) mass is 391 g/mol. The van der Waals surface area contributed by atoms with Crippen LogP contribution in [0.15, 0.2) is 59.7 Å². The van der Waals surface area contributed by atoms with Crippen LogP contribution in [0, 0.1) is 0 Å². The molecule has 3 heterocycles. The Morgan fingerprint density at radius 1 is 0.931 bits per heavy atom. The van der Waals surface area contributed by atoms with Gasteiger partial charge in [-0.15, -0.1) is 0 Å². The van der Waals surface area contributed by atoms with Gasteiger partial charge in [-0.2, -0.15) is 0 Å². The van der Waals surface area contributed by atoms with Gasteiger partial charge in [0.05, 0.1) is 12.3 Å². The number of β-amino-alcohol motifs (C(OH)–C–C–N with tert-alkyl or cyclic N) is 1. The molecule has 0 amide bonds. The predicted molar refractivity (Wildman–Crippen MR) is 112 cm³/mol. The SMILES string of the molecule is O=c1cc(-c2ccncc2)nc(-c2ccc(CN3CCN(CCO)CC3)cc2)[nH]1. The quantitative estimate of drug-likeness (QED) is 0.664. The highest BCUT2D eigenvalue weighted by Crippen LogP contribution is 2.20. The molecule has 0 saturated carbocycles. The van der Waals surface area contributed by atoms with Gasteiger partial charge in [-0.1, -0.05) is 24.3 Å². The number of piperazine rings is 1. The van der Waals surface area contributed by atoms with E-state index in [4.69, 9.17) is 5.11 Å². The minimum atomic E-state index is -0.174. The summed E-state index contributed by atoms with van der Waals surface area (Å²) in [5.41, 5.74) is 3.44. The third-order valence-electron chi connectivity index (χ3n) is 5.23. The maximum Gasteiger partial charge on any atom is 0.251 e. The van der Waals surface area contributed by atoms with Crippen molar-refractivity contribution >= 4 is 0 Å². The second-order valence-corrected chi connectivity index (χ2v) is 7.25. The van der Waals surface area contributed by atoms with Gasteiger partial charge in [0.25, 0.3) is 5.56 Å². The molecule has 1 saturated heterocycles. The Bertz CT molecular complexity index is 980. The van der Waals surface area contributed by atoms with Gasteiger partial charge in [0.15, 0.2) is 0 Å². The van der Waals surface area contributed by atoms with Crippen LogP contribution in [0.1, 0.15) is 5.56 Å². The second kappa shape index (κ2) is 9.09. The molecule has 3 aromatic rings. The van der Waals surface area contributed by atoms with Gasteiger partial charge in [-0.05, 0) is 17.7 Å². The first-order valence-electron chi connectivity index (χ1n) is 9.88. The Morgan fingerprint density at radius 2 is 1.62 bits per heavy atom. The number of aromatic amines is 1. The Balaban J connectivity index is 1.46. The molecule has 1 aromatic carbocycles. The van der Waals surface area contributed by atoms with Crippen LogP contribution in [-0.4, -0.2) is 69.2 Å². The van der Waals surface area contributed by atoms with Crippen LogP contribution in [-0.2, 0) is 6.54 Å². The second-order valence-electron chi connectivity index (χ2n) is 7.25. The zero-order valence-corrected chi connectivity index (χ0v) is 16.3. The van der Waals surface area contributed by atoms with Gasteiger partial charge in [-0.3, -0.25) is 19.6 Å². The standard InChI is InChI=1S/C22H25N5O2/c28-14-13-26-9-11-27(12-10-26)16-17-1-3-19(4-2-17)22-24-20(15-21(29)25-22)18-5-7-23-8-6-18/h1-8,15,28H,9-14,16H2,(H,24,25,29). The molecule has 0 unspecified atom stereocenters. The predicted octanol–water partition coefficient (Wildman–Crippen LogP) is 1.61. The zero-order valence-electron chi connectivity index (χ0n) is 16.3. The minimum Gasteiger partial charge on any atom is -0.395 e. The molecule has 1 aliphatic rings. The molecule has 0 bridgehead atoms. The highest BCUT2D eigenvalue weighted by Gasteiger charge is 2.16. The van der Waals surface area contributed by atoms with Crippen molar-refractivity contribution in [3.05, 3.63) is 70.8 Å². The lowest BCUT2D eigenvalue weighted by molar-refractivity contribution is 0.108. The highest BCUT2D eigenvalue weighted by atomic mass is 16.3. The third-order valence-corrected chi connectivity index (χ3v) is 5.23. The Hall–Kier alpha value is -2.87. The maximum atomic E-state index is 12.1. The van der Waals surface area contributed by atoms with Crippen LogP contribution in [0.4, 0.5) is 0 Å². The molecule has 2 N–H and O–H groups in total. The fourth-order valence-corrected chi connectivity index (χ4v) is 3.60. The lowest BCUT2D eigenvalue weighted by Crippen LogP contribution is -2.46. The van der Waals surface area contributed by atoms with Crippen LogP contribution in [0.2, 0.25) is 0 Å². The Kier molecular flexibility index (Phi) is 6.09. The summed E-state index contributed by atoms with van der Waals surface area (Å²) in [4.78, 5) is 28.3. The fourth-order valence-electron chi connectivity index (χ4n) is 3.60. The van der Waals surface area contributed by atoms with Crippen LogP contribution in [0.3, 0.4) is 0 Å². The number of nitrogens with zero attached hydrogens (tertiary/aromatic N) is 4. The highest BCUT2D eigenvalue weighted by molar-refractivity contribution is 5.63. The molecule has 2 aromatic heterocycles. The third kappa shape index (κ3) is 4.95. The van der Waals surface area contributed by atoms with Gasteiger partial charge < -0.3 is 10.1 Å². The summed E-state index contributed by atoms with van der Waals surface area (Å²) < 4.78 is 0. The Labute approximate surface area is 169 Å². The van der Waals surface area contributed by atoms with E-state index in [9.17, 15) is 4.79 Å². The van der Waals surface area contributed by atoms with E-state index in [1.165, 1.54) is 11.6 Å². The smallest absolute Gasteiger partial charge is 0.251 e. The van der Waals surface area contributed by atoms with Crippen molar-refractivity contribution in [2.45, 2.75) is 6.54 Å². The number of hydrogen-bond donors (Lipinski definition) is 2. The number of pyridine rings is 1. The maximum absolute atomic E-state index is 12.1. The van der Waals surface area contributed by atoms with Crippen LogP contribution in [0.5, 0.6) is 0 Å². The normalized spacial score (nSPS) is 15.5. The first kappa shape index (κ1) is 19.4. The van der Waals surface area contributed by atoms with Gasteiger partial charge >= 0.3 is 0 Å². The van der Waals surface area contributed by atoms with E-state index in [0.29, 0.717) is 11.5 Å². The summed E-state index contributed by atoms with van der Waals surface area (Å²) in [5.74, 6) is 0.563. The molecule has 29 heavy (non-hydrogen) atoms. The summed E-state index contributed by atoms with van der Waals surface area (Å²) in [6.45, 7) is 5.87. The van der Waals surface area contributed by atoms with E-state index < -0.39 is 0 Å². The molecule has 7 nitrogen and oxygen atoms in total. The number of aliphatic hydroxyl groups excluding tert-OH is 1. The van der Waals surface area contributed by atoms with Crippen molar-refractivity contribution in [1.29, 1.82) is 0 Å². The number of H-pyrrole nitrogens is 1. The number of rotatable bonds is 6. The van der Waals surface area contributed by atoms with E-state index in [0.717, 1.165) is 50.4 Å². The molecular formula is C22H25N5O2. The van der Waals surface area contributed by atoms with Crippen molar-refractivity contribution in [1.82, 2.24) is 24.8 Å². The fraction of sp³-hybridized carbons (Fsp3) is 0.318. The summed E-state index contributed by atoms with van der Waals surface area (Å²) in [7, 11) is 0. The number of benzene rings is 1. The summed E-state index contributed by atoms with van der Waals surface area (Å²) >= 11 is 0. The number of hydrogen-bond acceptors (Lipinski definition) is 6. The van der Waals surface area contributed by atoms with Crippen LogP contribution < -0.4 is 5.56 Å². The van der Waals surface area contributed by atoms with Gasteiger partial charge in [0.2, 0.25) is 0 Å². The van der Waals surface area contributed by atoms with Gasteiger partial charge in [-0.25, -0.2) is 4.98 Å². The molecule has 4 rings (SSSR count). The largest absolute Gasteiger partial charge is 0.395 e. The van der Waals surface area contributed by atoms with Crippen molar-refractivity contribution in [2.24, 2.45) is 0 Å². The van der Waals surface area contributed by atoms with Crippen molar-refractivity contribution in [2.75, 3.05) is 39.3 Å². The molecule has 150 valence electrons. The van der Waals surface area contributed by atoms with E-state index in [-0.39, 0.29) is 12.2 Å². The molecule has 1 aliphatic heterocycles. The van der Waals surface area contributed by atoms with Crippen molar-refractivity contribution in [3.63, 3.8) is 0 Å². The molecular weight excluding hydrogens is 366 g/mol. The first-order valence-corrected chi connectivity index (χ1v) is 9.88. The molecule has 7 heteroatoms. The zero-order chi connectivity index (χ0) is 20.1. The van der Waals surface area contributed by atoms with E-state index in [2.05, 4.69) is 36.9 Å². The molecule has 1 fully saturated rings. The lowest BCUT2D eigenvalue weighted by Gasteiger charge is -2.34. The number of aliphatic hydroxyl groups is 1. The van der Waals surface area contributed by atoms with Crippen molar-refractivity contribution < 1.29 is 5.11 Å². The topological polar surface area (TPSA) is 85.3 Å². The average Bonchev–Trinajstić information content (AvgIpc) is 2.76. The summed E-state index contributed by atoms with van der Waals surface area (Å²) in [6, 6.07) is 13.4.